The van der Waals surface area contributed by atoms with Crippen LogP contribution in [0.15, 0.2) is 35.6 Å². The van der Waals surface area contributed by atoms with Gasteiger partial charge in [-0.3, -0.25) is 4.99 Å². The Balaban J connectivity index is 0.00000420. The molecule has 0 radical (unpaired) electrons. The van der Waals surface area contributed by atoms with Gasteiger partial charge < -0.3 is 19.9 Å². The molecule has 2 N–H and O–H groups in total. The van der Waals surface area contributed by atoms with Crippen LogP contribution >= 0.6 is 24.0 Å². The zero-order valence-corrected chi connectivity index (χ0v) is 21.1. The molecule has 0 bridgehead atoms. The highest BCUT2D eigenvalue weighted by Crippen LogP contribution is 2.24. The molecule has 29 heavy (non-hydrogen) atoms. The Kier molecular flexibility index (Phi) is 9.95. The quantitative estimate of drug-likeness (QED) is 0.325. The first-order chi connectivity index (χ1) is 13.2. The van der Waals surface area contributed by atoms with Crippen molar-refractivity contribution in [2.75, 3.05) is 7.05 Å². The van der Waals surface area contributed by atoms with Gasteiger partial charge in [0, 0.05) is 38.1 Å². The van der Waals surface area contributed by atoms with Crippen LogP contribution in [-0.2, 0) is 19.6 Å². The van der Waals surface area contributed by atoms with E-state index < -0.39 is 0 Å². The summed E-state index contributed by atoms with van der Waals surface area (Å²) in [7, 11) is 1.78. The van der Waals surface area contributed by atoms with E-state index in [0.29, 0.717) is 19.0 Å². The van der Waals surface area contributed by atoms with Crippen LogP contribution in [0.3, 0.4) is 0 Å². The number of nitrogens with one attached hydrogen (secondary N) is 2. The third-order valence-electron chi connectivity index (χ3n) is 4.09. The lowest BCUT2D eigenvalue weighted by atomic mass is 10.1. The van der Waals surface area contributed by atoms with Gasteiger partial charge in [-0.05, 0) is 45.2 Å². The van der Waals surface area contributed by atoms with E-state index in [-0.39, 0.29) is 29.6 Å². The summed E-state index contributed by atoms with van der Waals surface area (Å²) in [6, 6.07) is 6.29. The normalized spacial score (nSPS) is 11.9. The van der Waals surface area contributed by atoms with Gasteiger partial charge in [-0.25, -0.2) is 4.98 Å². The van der Waals surface area contributed by atoms with Crippen molar-refractivity contribution in [2.24, 2.45) is 10.9 Å². The molecule has 0 saturated heterocycles. The number of rotatable bonds is 7. The molecule has 1 aromatic carbocycles. The smallest absolute Gasteiger partial charge is 0.191 e. The second-order valence-electron chi connectivity index (χ2n) is 8.49. The first-order valence-corrected chi connectivity index (χ1v) is 9.91. The molecule has 7 heteroatoms. The molecule has 1 aromatic heterocycles. The number of ether oxygens (including phenoxy) is 1. The summed E-state index contributed by atoms with van der Waals surface area (Å²) in [6.07, 6.45) is 3.87. The number of guanidine groups is 1. The van der Waals surface area contributed by atoms with Gasteiger partial charge in [0.05, 0.1) is 6.54 Å². The van der Waals surface area contributed by atoms with Crippen LogP contribution in [0.2, 0.25) is 0 Å². The average molecular weight is 513 g/mol. The van der Waals surface area contributed by atoms with E-state index in [0.717, 1.165) is 29.6 Å². The number of nitrogens with zero attached hydrogens (tertiary/aromatic N) is 3. The second kappa shape index (κ2) is 11.4. The van der Waals surface area contributed by atoms with Crippen LogP contribution in [0.4, 0.5) is 0 Å². The molecule has 0 fully saturated rings. The summed E-state index contributed by atoms with van der Waals surface area (Å²) in [5.74, 6) is 3.22. The molecule has 0 unspecified atom stereocenters. The molecule has 0 saturated carbocycles. The van der Waals surface area contributed by atoms with Crippen LogP contribution in [0, 0.1) is 12.8 Å². The Morgan fingerprint density at radius 1 is 1.21 bits per heavy atom. The van der Waals surface area contributed by atoms with Gasteiger partial charge in [-0.15, -0.1) is 24.0 Å². The maximum absolute atomic E-state index is 6.14. The summed E-state index contributed by atoms with van der Waals surface area (Å²) < 4.78 is 8.32. The zero-order valence-electron chi connectivity index (χ0n) is 18.7. The monoisotopic (exact) mass is 513 g/mol. The summed E-state index contributed by atoms with van der Waals surface area (Å²) in [5.41, 5.74) is 2.04. The Bertz CT molecular complexity index is 793. The maximum atomic E-state index is 6.14. The Morgan fingerprint density at radius 2 is 1.90 bits per heavy atom. The topological polar surface area (TPSA) is 63.5 Å². The van der Waals surface area contributed by atoms with Gasteiger partial charge in [0.25, 0.3) is 0 Å². The summed E-state index contributed by atoms with van der Waals surface area (Å²) in [4.78, 5) is 8.79. The fourth-order valence-corrected chi connectivity index (χ4v) is 2.86. The van der Waals surface area contributed by atoms with E-state index in [9.17, 15) is 0 Å². The molecule has 1 heterocycles. The number of benzene rings is 1. The number of halogens is 1. The number of aryl methyl sites for hydroxylation is 1. The SMILES string of the molecule is CN=C(NCc1ccc(C)cc1OC(C)(C)C)NCc1nccn1CC(C)C.I. The molecular weight excluding hydrogens is 477 g/mol. The summed E-state index contributed by atoms with van der Waals surface area (Å²) >= 11 is 0. The molecule has 6 nitrogen and oxygen atoms in total. The minimum absolute atomic E-state index is 0. The number of aromatic nitrogens is 2. The van der Waals surface area contributed by atoms with E-state index in [2.05, 4.69) is 84.9 Å². The largest absolute Gasteiger partial charge is 0.488 e. The van der Waals surface area contributed by atoms with E-state index >= 15 is 0 Å². The minimum Gasteiger partial charge on any atom is -0.488 e. The van der Waals surface area contributed by atoms with Crippen molar-refractivity contribution in [3.8, 4) is 5.75 Å². The highest BCUT2D eigenvalue weighted by molar-refractivity contribution is 14.0. The lowest BCUT2D eigenvalue weighted by Gasteiger charge is -2.24. The van der Waals surface area contributed by atoms with E-state index in [1.54, 1.807) is 7.05 Å². The van der Waals surface area contributed by atoms with Crippen molar-refractivity contribution in [1.29, 1.82) is 0 Å². The molecule has 0 aliphatic heterocycles. The average Bonchev–Trinajstić information content (AvgIpc) is 3.01. The van der Waals surface area contributed by atoms with Gasteiger partial charge in [-0.1, -0.05) is 26.0 Å². The minimum atomic E-state index is -0.240. The van der Waals surface area contributed by atoms with E-state index in [1.807, 2.05) is 12.4 Å². The van der Waals surface area contributed by atoms with Crippen LogP contribution in [0.5, 0.6) is 5.75 Å². The van der Waals surface area contributed by atoms with E-state index in [1.165, 1.54) is 5.56 Å². The van der Waals surface area contributed by atoms with Crippen molar-refractivity contribution in [3.05, 3.63) is 47.5 Å². The third-order valence-corrected chi connectivity index (χ3v) is 4.09. The molecule has 0 spiro atoms. The zero-order chi connectivity index (χ0) is 20.7. The van der Waals surface area contributed by atoms with Gasteiger partial charge in [-0.2, -0.15) is 0 Å². The maximum Gasteiger partial charge on any atom is 0.191 e. The number of hydrogen-bond donors (Lipinski definition) is 2. The fourth-order valence-electron chi connectivity index (χ4n) is 2.86. The van der Waals surface area contributed by atoms with Gasteiger partial charge in [0.15, 0.2) is 5.96 Å². The number of aliphatic imine (C=N–C) groups is 1. The third kappa shape index (κ3) is 8.64. The van der Waals surface area contributed by atoms with Crippen molar-refractivity contribution in [2.45, 2.75) is 66.8 Å². The predicted octanol–water partition coefficient (Wildman–Crippen LogP) is 4.51. The second-order valence-corrected chi connectivity index (χ2v) is 8.49. The fraction of sp³-hybridized carbons (Fsp3) is 0.545. The molecule has 0 amide bonds. The molecule has 0 aliphatic carbocycles. The first kappa shape index (κ1) is 25.3. The number of imidazole rings is 1. The Hall–Kier alpha value is -1.77. The molecule has 0 aliphatic rings. The van der Waals surface area contributed by atoms with Gasteiger partial charge >= 0.3 is 0 Å². The van der Waals surface area contributed by atoms with Gasteiger partial charge in [0.1, 0.15) is 17.2 Å². The first-order valence-electron chi connectivity index (χ1n) is 9.91. The summed E-state index contributed by atoms with van der Waals surface area (Å²) in [6.45, 7) is 14.9. The molecule has 162 valence electrons. The standard InChI is InChI=1S/C22H35N5O.HI/c1-16(2)15-27-11-10-24-20(27)14-26-21(23-7)25-13-18-9-8-17(3)12-19(18)28-22(4,5)6;/h8-12,16H,13-15H2,1-7H3,(H2,23,25,26);1H. The van der Waals surface area contributed by atoms with Crippen molar-refractivity contribution in [3.63, 3.8) is 0 Å². The van der Waals surface area contributed by atoms with Crippen molar-refractivity contribution >= 4 is 29.9 Å². The predicted molar refractivity (Wildman–Crippen MR) is 131 cm³/mol. The Morgan fingerprint density at radius 3 is 2.52 bits per heavy atom. The highest BCUT2D eigenvalue weighted by atomic mass is 127. The lowest BCUT2D eigenvalue weighted by Crippen LogP contribution is -2.37. The Labute approximate surface area is 192 Å². The van der Waals surface area contributed by atoms with Crippen LogP contribution in [0.1, 0.15) is 51.6 Å². The van der Waals surface area contributed by atoms with Gasteiger partial charge in [0.2, 0.25) is 0 Å². The lowest BCUT2D eigenvalue weighted by molar-refractivity contribution is 0.129. The summed E-state index contributed by atoms with van der Waals surface area (Å²) in [5, 5.41) is 6.73. The number of hydrogen-bond acceptors (Lipinski definition) is 3. The van der Waals surface area contributed by atoms with Crippen molar-refractivity contribution in [1.82, 2.24) is 20.2 Å². The van der Waals surface area contributed by atoms with E-state index in [4.69, 9.17) is 4.74 Å². The van der Waals surface area contributed by atoms with Crippen LogP contribution in [-0.4, -0.2) is 28.2 Å². The molecular formula is C22H36IN5O. The highest BCUT2D eigenvalue weighted by Gasteiger charge is 2.15. The van der Waals surface area contributed by atoms with Crippen LogP contribution < -0.4 is 15.4 Å². The molecule has 0 atom stereocenters. The molecule has 2 aromatic rings. The van der Waals surface area contributed by atoms with Crippen molar-refractivity contribution < 1.29 is 4.74 Å². The molecule has 2 rings (SSSR count). The van der Waals surface area contributed by atoms with Crippen LogP contribution in [0.25, 0.3) is 0 Å².